The lowest BCUT2D eigenvalue weighted by Gasteiger charge is -2.10. The Hall–Kier alpha value is -1.99. The standard InChI is InChI=1S/C15H17FNO6P/c1-22-11-6-7-12-13(9-11)10(5-8-14(12)16)3-2-4-15(18)17-23-24(19,20)21/h5-9H,2-4H2,1H3,(H,17,18)(H2,19,20,21). The smallest absolute Gasteiger partial charge is 0.491 e. The van der Waals surface area contributed by atoms with E-state index in [2.05, 4.69) is 4.62 Å². The molecule has 7 nitrogen and oxygen atoms in total. The number of hydroxylamine groups is 1. The average molecular weight is 357 g/mol. The molecule has 2 aromatic rings. The molecule has 0 unspecified atom stereocenters. The molecule has 9 heteroatoms. The van der Waals surface area contributed by atoms with Gasteiger partial charge in [-0.15, -0.1) is 0 Å². The van der Waals surface area contributed by atoms with Crippen LogP contribution in [0, 0.1) is 5.82 Å². The van der Waals surface area contributed by atoms with Crippen molar-refractivity contribution in [1.82, 2.24) is 5.48 Å². The van der Waals surface area contributed by atoms with Crippen LogP contribution in [0.1, 0.15) is 18.4 Å². The Balaban J connectivity index is 2.03. The van der Waals surface area contributed by atoms with Gasteiger partial charge in [0.15, 0.2) is 0 Å². The van der Waals surface area contributed by atoms with E-state index in [1.807, 2.05) is 0 Å². The molecular weight excluding hydrogens is 340 g/mol. The van der Waals surface area contributed by atoms with E-state index in [1.165, 1.54) is 13.2 Å². The Morgan fingerprint density at radius 2 is 2.00 bits per heavy atom. The molecule has 0 saturated heterocycles. The molecule has 3 N–H and O–H groups in total. The molecule has 0 bridgehead atoms. The number of hydrogen-bond acceptors (Lipinski definition) is 4. The maximum Gasteiger partial charge on any atom is 0.491 e. The van der Waals surface area contributed by atoms with Crippen molar-refractivity contribution in [2.24, 2.45) is 0 Å². The maximum atomic E-state index is 13.9. The Morgan fingerprint density at radius 3 is 2.67 bits per heavy atom. The summed E-state index contributed by atoms with van der Waals surface area (Å²) < 4.78 is 33.4. The van der Waals surface area contributed by atoms with Gasteiger partial charge in [-0.1, -0.05) is 6.07 Å². The number of ether oxygens (including phenoxy) is 1. The SMILES string of the molecule is COc1ccc2c(F)ccc(CCCC(=O)NOP(=O)(O)O)c2c1. The number of rotatable bonds is 7. The molecule has 0 heterocycles. The van der Waals surface area contributed by atoms with Crippen LogP contribution in [-0.2, 0) is 20.4 Å². The second-order valence-corrected chi connectivity index (χ2v) is 6.24. The number of methoxy groups -OCH3 is 1. The van der Waals surface area contributed by atoms with E-state index >= 15 is 0 Å². The molecule has 0 saturated carbocycles. The predicted molar refractivity (Wildman–Crippen MR) is 84.7 cm³/mol. The first-order chi connectivity index (χ1) is 11.3. The molecule has 0 spiro atoms. The summed E-state index contributed by atoms with van der Waals surface area (Å²) in [5, 5.41) is 1.16. The molecule has 2 aromatic carbocycles. The highest BCUT2D eigenvalue weighted by Gasteiger charge is 2.16. The van der Waals surface area contributed by atoms with Gasteiger partial charge in [0.25, 0.3) is 0 Å². The monoisotopic (exact) mass is 357 g/mol. The number of benzene rings is 2. The summed E-state index contributed by atoms with van der Waals surface area (Å²) in [7, 11) is -3.23. The van der Waals surface area contributed by atoms with Crippen molar-refractivity contribution in [3.63, 3.8) is 0 Å². The first-order valence-corrected chi connectivity index (χ1v) is 8.61. The molecule has 0 atom stereocenters. The van der Waals surface area contributed by atoms with Gasteiger partial charge in [-0.05, 0) is 48.1 Å². The summed E-state index contributed by atoms with van der Waals surface area (Å²) in [4.78, 5) is 28.4. The number of carbonyl (C=O) groups is 1. The zero-order valence-corrected chi connectivity index (χ0v) is 13.8. The molecule has 0 aliphatic carbocycles. The summed E-state index contributed by atoms with van der Waals surface area (Å²) in [5.41, 5.74) is 2.53. The van der Waals surface area contributed by atoms with Crippen molar-refractivity contribution in [3.05, 3.63) is 41.7 Å². The molecule has 0 aromatic heterocycles. The fourth-order valence-corrected chi connectivity index (χ4v) is 2.52. The molecule has 1 amide bonds. The maximum absolute atomic E-state index is 13.9. The Labute approximate surface area is 137 Å². The number of hydrogen-bond donors (Lipinski definition) is 3. The van der Waals surface area contributed by atoms with Crippen molar-refractivity contribution < 1.29 is 32.9 Å². The normalized spacial score (nSPS) is 11.5. The average Bonchev–Trinajstić information content (AvgIpc) is 2.54. The van der Waals surface area contributed by atoms with E-state index in [-0.39, 0.29) is 12.2 Å². The van der Waals surface area contributed by atoms with E-state index in [4.69, 9.17) is 14.5 Å². The molecule has 0 aliphatic heterocycles. The minimum absolute atomic E-state index is 0.00282. The lowest BCUT2D eigenvalue weighted by Crippen LogP contribution is -2.22. The Kier molecular flexibility index (Phi) is 5.90. The minimum atomic E-state index is -4.74. The van der Waals surface area contributed by atoms with Crippen LogP contribution < -0.4 is 10.2 Å². The number of phosphoric acid groups is 1. The summed E-state index contributed by atoms with van der Waals surface area (Å²) in [5.74, 6) is -0.395. The van der Waals surface area contributed by atoms with Gasteiger partial charge in [0.1, 0.15) is 11.6 Å². The van der Waals surface area contributed by atoms with Crippen molar-refractivity contribution in [1.29, 1.82) is 0 Å². The van der Waals surface area contributed by atoms with E-state index in [9.17, 15) is 13.8 Å². The zero-order chi connectivity index (χ0) is 17.7. The van der Waals surface area contributed by atoms with Crippen LogP contribution >= 0.6 is 7.82 Å². The van der Waals surface area contributed by atoms with E-state index in [0.29, 0.717) is 29.4 Å². The fraction of sp³-hybridized carbons (Fsp3) is 0.267. The highest BCUT2D eigenvalue weighted by molar-refractivity contribution is 7.46. The third-order valence-electron chi connectivity index (χ3n) is 3.39. The van der Waals surface area contributed by atoms with Crippen LogP contribution in [0.4, 0.5) is 4.39 Å². The van der Waals surface area contributed by atoms with Gasteiger partial charge in [-0.2, -0.15) is 4.62 Å². The summed E-state index contributed by atoms with van der Waals surface area (Å²) in [6.45, 7) is 0. The molecule has 0 aliphatic rings. The van der Waals surface area contributed by atoms with Crippen molar-refractivity contribution in [3.8, 4) is 5.75 Å². The Morgan fingerprint density at radius 1 is 1.25 bits per heavy atom. The lowest BCUT2D eigenvalue weighted by atomic mass is 9.99. The van der Waals surface area contributed by atoms with E-state index in [1.54, 1.807) is 29.7 Å². The van der Waals surface area contributed by atoms with Gasteiger partial charge >= 0.3 is 7.82 Å². The molecule has 130 valence electrons. The number of nitrogens with one attached hydrogen (secondary N) is 1. The van der Waals surface area contributed by atoms with Gasteiger partial charge in [-0.3, -0.25) is 4.79 Å². The molecule has 2 rings (SSSR count). The summed E-state index contributed by atoms with van der Waals surface area (Å²) in [6, 6.07) is 8.03. The van der Waals surface area contributed by atoms with Crippen molar-refractivity contribution >= 4 is 24.5 Å². The van der Waals surface area contributed by atoms with Crippen LogP contribution in [-0.4, -0.2) is 22.8 Å². The largest absolute Gasteiger partial charge is 0.497 e. The third kappa shape index (κ3) is 5.01. The number of carbonyl (C=O) groups excluding carboxylic acids is 1. The van der Waals surface area contributed by atoms with E-state index in [0.717, 1.165) is 5.56 Å². The van der Waals surface area contributed by atoms with Crippen LogP contribution in [0.3, 0.4) is 0 Å². The topological polar surface area (TPSA) is 105 Å². The van der Waals surface area contributed by atoms with Crippen LogP contribution in [0.2, 0.25) is 0 Å². The number of halogens is 1. The second-order valence-electron chi connectivity index (χ2n) is 5.08. The zero-order valence-electron chi connectivity index (χ0n) is 12.9. The van der Waals surface area contributed by atoms with Crippen LogP contribution in [0.5, 0.6) is 5.75 Å². The van der Waals surface area contributed by atoms with Gasteiger partial charge in [0.2, 0.25) is 5.91 Å². The lowest BCUT2D eigenvalue weighted by molar-refractivity contribution is -0.128. The first kappa shape index (κ1) is 18.4. The first-order valence-electron chi connectivity index (χ1n) is 7.08. The van der Waals surface area contributed by atoms with Crippen molar-refractivity contribution in [2.45, 2.75) is 19.3 Å². The molecule has 0 fully saturated rings. The van der Waals surface area contributed by atoms with E-state index < -0.39 is 13.7 Å². The number of amides is 1. The number of aryl methyl sites for hydroxylation is 1. The molecule has 0 radical (unpaired) electrons. The number of fused-ring (bicyclic) bond motifs is 1. The minimum Gasteiger partial charge on any atom is -0.497 e. The highest BCUT2D eigenvalue weighted by atomic mass is 31.2. The van der Waals surface area contributed by atoms with Crippen molar-refractivity contribution in [2.75, 3.05) is 7.11 Å². The van der Waals surface area contributed by atoms with Gasteiger partial charge in [-0.25, -0.2) is 14.4 Å². The highest BCUT2D eigenvalue weighted by Crippen LogP contribution is 2.34. The fourth-order valence-electron chi connectivity index (χ4n) is 2.30. The molecule has 24 heavy (non-hydrogen) atoms. The van der Waals surface area contributed by atoms with Gasteiger partial charge in [0, 0.05) is 11.8 Å². The van der Waals surface area contributed by atoms with Crippen LogP contribution in [0.15, 0.2) is 30.3 Å². The predicted octanol–water partition coefficient (Wildman–Crippen LogP) is 2.45. The van der Waals surface area contributed by atoms with Crippen LogP contribution in [0.25, 0.3) is 10.8 Å². The Bertz CT molecular complexity index is 791. The quantitative estimate of drug-likeness (QED) is 0.519. The second kappa shape index (κ2) is 7.72. The van der Waals surface area contributed by atoms with Gasteiger partial charge in [0.05, 0.1) is 7.11 Å². The summed E-state index contributed by atoms with van der Waals surface area (Å²) >= 11 is 0. The van der Waals surface area contributed by atoms with Gasteiger partial charge < -0.3 is 14.5 Å². The summed E-state index contributed by atoms with van der Waals surface area (Å²) in [6.07, 6.45) is 0.879. The molecular formula is C15H17FNO6P. The third-order valence-corrected chi connectivity index (χ3v) is 3.72.